The summed E-state index contributed by atoms with van der Waals surface area (Å²) >= 11 is 3.31. The zero-order chi connectivity index (χ0) is 9.84. The van der Waals surface area contributed by atoms with Crippen LogP contribution in [-0.2, 0) is 11.2 Å². The van der Waals surface area contributed by atoms with Gasteiger partial charge in [0.15, 0.2) is 0 Å². The molecule has 13 heavy (non-hydrogen) atoms. The molecule has 3 heteroatoms. The predicted octanol–water partition coefficient (Wildman–Crippen LogP) is 3.03. The Labute approximate surface area is 85.1 Å². The lowest BCUT2D eigenvalue weighted by atomic mass is 10.1. The van der Waals surface area contributed by atoms with Gasteiger partial charge in [-0.1, -0.05) is 22.0 Å². The van der Waals surface area contributed by atoms with E-state index in [4.69, 9.17) is 0 Å². The number of hydrogen-bond donors (Lipinski definition) is 0. The van der Waals surface area contributed by atoms with Gasteiger partial charge in [0.2, 0.25) is 0 Å². The fourth-order valence-electron chi connectivity index (χ4n) is 1.15. The molecule has 0 bridgehead atoms. The molecule has 1 nitrogen and oxygen atoms in total. The van der Waals surface area contributed by atoms with Crippen LogP contribution >= 0.6 is 15.9 Å². The first-order chi connectivity index (χ1) is 6.16. The van der Waals surface area contributed by atoms with Crippen LogP contribution in [0.4, 0.5) is 4.39 Å². The Morgan fingerprint density at radius 2 is 2.23 bits per heavy atom. The molecule has 1 rings (SSSR count). The monoisotopic (exact) mass is 244 g/mol. The summed E-state index contributed by atoms with van der Waals surface area (Å²) in [6.07, 6.45) is 1.62. The van der Waals surface area contributed by atoms with Crippen molar-refractivity contribution >= 4 is 22.2 Å². The van der Waals surface area contributed by atoms with Gasteiger partial charge in [0.1, 0.15) is 12.1 Å². The van der Waals surface area contributed by atoms with Crippen molar-refractivity contribution in [3.05, 3.63) is 33.5 Å². The molecule has 70 valence electrons. The summed E-state index contributed by atoms with van der Waals surface area (Å²) in [6, 6.07) is 3.14. The first kappa shape index (κ1) is 10.4. The molecule has 0 amide bonds. The van der Waals surface area contributed by atoms with Gasteiger partial charge in [0, 0.05) is 16.5 Å². The van der Waals surface area contributed by atoms with Crippen molar-refractivity contribution in [2.75, 3.05) is 0 Å². The van der Waals surface area contributed by atoms with E-state index in [0.29, 0.717) is 18.4 Å². The van der Waals surface area contributed by atoms with Crippen molar-refractivity contribution < 1.29 is 9.18 Å². The average Bonchev–Trinajstić information content (AvgIpc) is 2.12. The van der Waals surface area contributed by atoms with Gasteiger partial charge in [0.25, 0.3) is 0 Å². The van der Waals surface area contributed by atoms with Crippen molar-refractivity contribution in [2.45, 2.75) is 19.8 Å². The lowest BCUT2D eigenvalue weighted by Gasteiger charge is -2.06. The average molecular weight is 245 g/mol. The molecule has 0 aliphatic rings. The molecular formula is C10H10BrFO. The van der Waals surface area contributed by atoms with E-state index in [0.717, 1.165) is 16.3 Å². The third-order valence-electron chi connectivity index (χ3n) is 1.89. The molecule has 1 aromatic carbocycles. The van der Waals surface area contributed by atoms with Crippen LogP contribution in [0.2, 0.25) is 0 Å². The minimum atomic E-state index is -0.251. The van der Waals surface area contributed by atoms with Gasteiger partial charge in [-0.25, -0.2) is 4.39 Å². The molecule has 0 radical (unpaired) electrons. The Morgan fingerprint density at radius 1 is 1.54 bits per heavy atom. The largest absolute Gasteiger partial charge is 0.303 e. The van der Waals surface area contributed by atoms with Gasteiger partial charge < -0.3 is 4.79 Å². The Kier molecular flexibility index (Phi) is 3.60. The second kappa shape index (κ2) is 4.51. The summed E-state index contributed by atoms with van der Waals surface area (Å²) in [5.41, 5.74) is 1.58. The van der Waals surface area contributed by atoms with Crippen LogP contribution in [0.15, 0.2) is 16.6 Å². The highest BCUT2D eigenvalue weighted by Gasteiger charge is 2.08. The fourth-order valence-corrected chi connectivity index (χ4v) is 1.67. The van der Waals surface area contributed by atoms with Crippen LogP contribution in [0.25, 0.3) is 0 Å². The van der Waals surface area contributed by atoms with E-state index in [9.17, 15) is 9.18 Å². The van der Waals surface area contributed by atoms with E-state index in [-0.39, 0.29) is 5.82 Å². The van der Waals surface area contributed by atoms with Crippen molar-refractivity contribution in [3.8, 4) is 0 Å². The van der Waals surface area contributed by atoms with Crippen molar-refractivity contribution in [3.63, 3.8) is 0 Å². The summed E-state index contributed by atoms with van der Waals surface area (Å²) in [6.45, 7) is 1.90. The minimum absolute atomic E-state index is 0.251. The molecule has 0 aliphatic heterocycles. The number of aldehydes is 1. The Morgan fingerprint density at radius 3 is 2.85 bits per heavy atom. The van der Waals surface area contributed by atoms with E-state index < -0.39 is 0 Å². The van der Waals surface area contributed by atoms with E-state index in [1.807, 2.05) is 6.92 Å². The van der Waals surface area contributed by atoms with Gasteiger partial charge in [-0.05, 0) is 25.0 Å². The van der Waals surface area contributed by atoms with E-state index in [2.05, 4.69) is 15.9 Å². The minimum Gasteiger partial charge on any atom is -0.303 e. The summed E-state index contributed by atoms with van der Waals surface area (Å²) in [5.74, 6) is -0.251. The van der Waals surface area contributed by atoms with Crippen LogP contribution in [0, 0.1) is 12.7 Å². The molecule has 0 saturated carbocycles. The van der Waals surface area contributed by atoms with Gasteiger partial charge in [-0.3, -0.25) is 0 Å². The molecule has 0 fully saturated rings. The fraction of sp³-hybridized carbons (Fsp3) is 0.300. The maximum absolute atomic E-state index is 13.2. The smallest absolute Gasteiger partial charge is 0.127 e. The van der Waals surface area contributed by atoms with Crippen LogP contribution < -0.4 is 0 Å². The predicted molar refractivity (Wildman–Crippen MR) is 53.2 cm³/mol. The number of rotatable bonds is 3. The Balaban J connectivity index is 3.02. The second-order valence-electron chi connectivity index (χ2n) is 2.86. The molecular weight excluding hydrogens is 235 g/mol. The number of carbonyl (C=O) groups is 1. The maximum atomic E-state index is 13.2. The highest BCUT2D eigenvalue weighted by molar-refractivity contribution is 9.10. The third kappa shape index (κ3) is 2.37. The van der Waals surface area contributed by atoms with E-state index in [1.54, 1.807) is 6.07 Å². The summed E-state index contributed by atoms with van der Waals surface area (Å²) in [5, 5.41) is 0. The lowest BCUT2D eigenvalue weighted by molar-refractivity contribution is -0.107. The molecule has 0 heterocycles. The van der Waals surface area contributed by atoms with Gasteiger partial charge in [-0.15, -0.1) is 0 Å². The number of carbonyl (C=O) groups excluding carboxylic acids is 1. The van der Waals surface area contributed by atoms with Crippen LogP contribution in [-0.4, -0.2) is 6.29 Å². The molecule has 0 saturated heterocycles. The first-order valence-corrected chi connectivity index (χ1v) is 4.83. The molecule has 0 unspecified atom stereocenters. The molecule has 0 aromatic heterocycles. The zero-order valence-corrected chi connectivity index (χ0v) is 8.90. The van der Waals surface area contributed by atoms with Crippen LogP contribution in [0.5, 0.6) is 0 Å². The molecule has 0 aliphatic carbocycles. The zero-order valence-electron chi connectivity index (χ0n) is 7.31. The number of hydrogen-bond acceptors (Lipinski definition) is 1. The normalized spacial score (nSPS) is 10.1. The first-order valence-electron chi connectivity index (χ1n) is 4.04. The van der Waals surface area contributed by atoms with Gasteiger partial charge >= 0.3 is 0 Å². The third-order valence-corrected chi connectivity index (χ3v) is 3.00. The molecule has 0 spiro atoms. The maximum Gasteiger partial charge on any atom is 0.127 e. The molecule has 0 N–H and O–H groups in total. The van der Waals surface area contributed by atoms with Gasteiger partial charge in [0.05, 0.1) is 0 Å². The van der Waals surface area contributed by atoms with Crippen molar-refractivity contribution in [1.82, 2.24) is 0 Å². The van der Waals surface area contributed by atoms with Crippen molar-refractivity contribution in [1.29, 1.82) is 0 Å². The highest BCUT2D eigenvalue weighted by Crippen LogP contribution is 2.24. The number of benzene rings is 1. The topological polar surface area (TPSA) is 17.1 Å². The summed E-state index contributed by atoms with van der Waals surface area (Å²) < 4.78 is 14.0. The second-order valence-corrected chi connectivity index (χ2v) is 3.66. The van der Waals surface area contributed by atoms with Crippen molar-refractivity contribution in [2.24, 2.45) is 0 Å². The lowest BCUT2D eigenvalue weighted by Crippen LogP contribution is -1.95. The van der Waals surface area contributed by atoms with Crippen LogP contribution in [0.1, 0.15) is 17.5 Å². The van der Waals surface area contributed by atoms with E-state index >= 15 is 0 Å². The number of aryl methyl sites for hydroxylation is 1. The van der Waals surface area contributed by atoms with Gasteiger partial charge in [-0.2, -0.15) is 0 Å². The highest BCUT2D eigenvalue weighted by atomic mass is 79.9. The summed E-state index contributed by atoms with van der Waals surface area (Å²) in [4.78, 5) is 10.1. The molecule has 1 aromatic rings. The Hall–Kier alpha value is -0.700. The summed E-state index contributed by atoms with van der Waals surface area (Å²) in [7, 11) is 0. The Bertz CT molecular complexity index is 323. The van der Waals surface area contributed by atoms with Crippen LogP contribution in [0.3, 0.4) is 0 Å². The number of halogens is 2. The van der Waals surface area contributed by atoms with E-state index in [1.165, 1.54) is 6.07 Å². The standard InChI is InChI=1S/C10H10BrFO/c1-7-4-5-9(12)8(10(7)11)3-2-6-13/h4-6H,2-3H2,1H3. The molecule has 0 atom stereocenters. The quantitative estimate of drug-likeness (QED) is 0.748. The SMILES string of the molecule is Cc1ccc(F)c(CCC=O)c1Br.